The summed E-state index contributed by atoms with van der Waals surface area (Å²) in [7, 11) is -4.46. The third-order valence-corrected chi connectivity index (χ3v) is 18.1. The van der Waals surface area contributed by atoms with Gasteiger partial charge in [0, 0.05) is 30.3 Å². The van der Waals surface area contributed by atoms with E-state index >= 15 is 0 Å². The Morgan fingerprint density at radius 2 is 1.59 bits per heavy atom. The fourth-order valence-electron chi connectivity index (χ4n) is 7.41. The normalized spacial score (nSPS) is 24.7. The van der Waals surface area contributed by atoms with Crippen LogP contribution >= 0.6 is 11.6 Å². The van der Waals surface area contributed by atoms with Crippen molar-refractivity contribution in [1.29, 1.82) is 0 Å². The van der Waals surface area contributed by atoms with Crippen molar-refractivity contribution in [3.63, 3.8) is 0 Å². The predicted molar refractivity (Wildman–Crippen MR) is 210 cm³/mol. The third kappa shape index (κ3) is 7.51. The van der Waals surface area contributed by atoms with E-state index in [-0.39, 0.29) is 28.4 Å². The fraction of sp³-hybridized carbons (Fsp3) is 0.658. The standard InChI is InChI=1S/C38H58BClN2O7Si2/c1-35(2,3)51(36(4,5)6)45-23-31-33(47-51)32(22-44-31)46-34-41-29-20-27(28(40)21-30(29)42(34)24-43-18-19-50(11,12)13)25-14-16-26(17-15-25)39-48-37(7,8)38(9,10)49-39/h14-17,20-21,31-33H,18-19,22-24H2,1-13H3/t31-,32-,33+/m1/s1. The van der Waals surface area contributed by atoms with Crippen molar-refractivity contribution >= 4 is 51.9 Å². The number of imidazole rings is 1. The molecule has 0 N–H and O–H groups in total. The van der Waals surface area contributed by atoms with Gasteiger partial charge in [0.2, 0.25) is 0 Å². The van der Waals surface area contributed by atoms with Crippen molar-refractivity contribution in [3.05, 3.63) is 41.4 Å². The van der Waals surface area contributed by atoms with Gasteiger partial charge in [0.15, 0.2) is 6.10 Å². The van der Waals surface area contributed by atoms with Crippen LogP contribution in [0.1, 0.15) is 69.2 Å². The molecule has 3 aliphatic rings. The largest absolute Gasteiger partial charge is 0.494 e. The second kappa shape index (κ2) is 13.5. The van der Waals surface area contributed by atoms with Crippen LogP contribution < -0.4 is 10.2 Å². The number of nitrogens with zero attached hydrogens (tertiary/aromatic N) is 2. The predicted octanol–water partition coefficient (Wildman–Crippen LogP) is 8.57. The minimum absolute atomic E-state index is 0.156. The minimum Gasteiger partial charge on any atom is -0.456 e. The van der Waals surface area contributed by atoms with Gasteiger partial charge in [0.25, 0.3) is 6.01 Å². The van der Waals surface area contributed by atoms with E-state index in [9.17, 15) is 0 Å². The molecule has 0 saturated carbocycles. The van der Waals surface area contributed by atoms with Gasteiger partial charge in [-0.1, -0.05) is 97.0 Å². The Morgan fingerprint density at radius 3 is 2.18 bits per heavy atom. The molecular formula is C38H58BClN2O7Si2. The molecule has 0 bridgehead atoms. The summed E-state index contributed by atoms with van der Waals surface area (Å²) in [6.45, 7) is 30.5. The van der Waals surface area contributed by atoms with Crippen LogP contribution in [0.25, 0.3) is 22.2 Å². The first-order valence-electron chi connectivity index (χ1n) is 18.4. The molecule has 0 spiro atoms. The lowest BCUT2D eigenvalue weighted by atomic mass is 9.78. The van der Waals surface area contributed by atoms with Gasteiger partial charge in [-0.05, 0) is 56.9 Å². The van der Waals surface area contributed by atoms with E-state index in [1.807, 2.05) is 28.8 Å². The highest BCUT2D eigenvalue weighted by Crippen LogP contribution is 2.55. The highest BCUT2D eigenvalue weighted by atomic mass is 35.5. The number of hydrogen-bond acceptors (Lipinski definition) is 8. The van der Waals surface area contributed by atoms with Crippen molar-refractivity contribution in [2.24, 2.45) is 0 Å². The first-order valence-corrected chi connectivity index (χ1v) is 24.3. The van der Waals surface area contributed by atoms with E-state index in [1.54, 1.807) is 0 Å². The van der Waals surface area contributed by atoms with Crippen LogP contribution in [-0.2, 0) is 34.4 Å². The fourth-order valence-corrected chi connectivity index (χ4v) is 13.4. The molecule has 0 unspecified atom stereocenters. The Labute approximate surface area is 312 Å². The highest BCUT2D eigenvalue weighted by Gasteiger charge is 2.64. The van der Waals surface area contributed by atoms with Gasteiger partial charge in [-0.3, -0.25) is 4.57 Å². The number of rotatable bonds is 9. The van der Waals surface area contributed by atoms with Crippen LogP contribution in [0, 0.1) is 0 Å². The minimum atomic E-state index is -2.74. The van der Waals surface area contributed by atoms with Crippen LogP contribution in [0.5, 0.6) is 6.01 Å². The number of hydrogen-bond donors (Lipinski definition) is 0. The first kappa shape index (κ1) is 39.0. The molecule has 280 valence electrons. The number of aromatic nitrogens is 2. The Hall–Kier alpha value is -1.74. The lowest BCUT2D eigenvalue weighted by molar-refractivity contribution is -0.0659. The molecule has 3 aromatic rings. The molecule has 6 rings (SSSR count). The van der Waals surface area contributed by atoms with Crippen LogP contribution in [0.15, 0.2) is 36.4 Å². The molecule has 4 heterocycles. The Balaban J connectivity index is 1.30. The Kier molecular flexibility index (Phi) is 10.3. The van der Waals surface area contributed by atoms with Gasteiger partial charge in [0.1, 0.15) is 18.9 Å². The maximum atomic E-state index is 7.09. The van der Waals surface area contributed by atoms with Crippen molar-refractivity contribution in [1.82, 2.24) is 9.55 Å². The maximum Gasteiger partial charge on any atom is 0.494 e. The molecule has 3 aliphatic heterocycles. The topological polar surface area (TPSA) is 82.4 Å². The Morgan fingerprint density at radius 1 is 0.961 bits per heavy atom. The molecule has 0 amide bonds. The lowest BCUT2D eigenvalue weighted by Crippen LogP contribution is -2.65. The number of halogens is 1. The summed E-state index contributed by atoms with van der Waals surface area (Å²) in [6, 6.07) is 13.7. The van der Waals surface area contributed by atoms with Crippen LogP contribution in [0.4, 0.5) is 0 Å². The van der Waals surface area contributed by atoms with Crippen molar-refractivity contribution < 1.29 is 32.4 Å². The highest BCUT2D eigenvalue weighted by molar-refractivity contribution is 6.76. The molecule has 0 radical (unpaired) electrons. The second-order valence-corrected chi connectivity index (χ2v) is 29.5. The van der Waals surface area contributed by atoms with Crippen LogP contribution in [0.3, 0.4) is 0 Å². The lowest BCUT2D eigenvalue weighted by Gasteiger charge is -2.53. The molecule has 51 heavy (non-hydrogen) atoms. The summed E-state index contributed by atoms with van der Waals surface area (Å²) in [5, 5.41) is 0.302. The van der Waals surface area contributed by atoms with Crippen molar-refractivity contribution in [2.75, 3.05) is 19.8 Å². The summed E-state index contributed by atoms with van der Waals surface area (Å²) in [5.74, 6) is 0. The third-order valence-electron chi connectivity index (χ3n) is 11.0. The molecule has 1 aromatic heterocycles. The summed E-state index contributed by atoms with van der Waals surface area (Å²) < 4.78 is 47.6. The summed E-state index contributed by atoms with van der Waals surface area (Å²) in [6.07, 6.45) is -0.829. The SMILES string of the molecule is CC1(C)OB(c2ccc(-c3cc4nc(O[C@@H]5CO[C@@H]6CO[Si](C(C)(C)C)(C(C)(C)C)O[C@@H]65)n(COCC[Si](C)(C)C)c4cc3Cl)cc2)OC1(C)C. The van der Waals surface area contributed by atoms with E-state index in [0.29, 0.717) is 37.6 Å². The van der Waals surface area contributed by atoms with Crippen molar-refractivity contribution in [2.45, 2.75) is 141 Å². The quantitative estimate of drug-likeness (QED) is 0.159. The zero-order chi connectivity index (χ0) is 37.4. The molecule has 0 aliphatic carbocycles. The monoisotopic (exact) mass is 756 g/mol. The van der Waals surface area contributed by atoms with Crippen LogP contribution in [-0.4, -0.2) is 82.6 Å². The van der Waals surface area contributed by atoms with Gasteiger partial charge in [-0.25, -0.2) is 0 Å². The summed E-state index contributed by atoms with van der Waals surface area (Å²) in [5.41, 5.74) is 3.61. The van der Waals surface area contributed by atoms with E-state index in [1.165, 1.54) is 0 Å². The molecule has 2 aromatic carbocycles. The number of ether oxygens (including phenoxy) is 3. The van der Waals surface area contributed by atoms with Gasteiger partial charge in [0.05, 0.1) is 40.5 Å². The van der Waals surface area contributed by atoms with E-state index < -0.39 is 35.0 Å². The van der Waals surface area contributed by atoms with E-state index in [4.69, 9.17) is 49.0 Å². The summed E-state index contributed by atoms with van der Waals surface area (Å²) in [4.78, 5) is 5.05. The first-order chi connectivity index (χ1) is 23.5. The molecular weight excluding hydrogens is 699 g/mol. The number of benzene rings is 2. The maximum absolute atomic E-state index is 7.09. The van der Waals surface area contributed by atoms with Crippen molar-refractivity contribution in [3.8, 4) is 17.1 Å². The van der Waals surface area contributed by atoms with Gasteiger partial charge >= 0.3 is 15.7 Å². The average molecular weight is 757 g/mol. The smallest absolute Gasteiger partial charge is 0.456 e. The van der Waals surface area contributed by atoms with Gasteiger partial charge < -0.3 is 32.4 Å². The van der Waals surface area contributed by atoms with Crippen LogP contribution in [0.2, 0.25) is 40.8 Å². The zero-order valence-corrected chi connectivity index (χ0v) is 35.7. The molecule has 3 saturated heterocycles. The van der Waals surface area contributed by atoms with E-state index in [0.717, 1.165) is 33.7 Å². The van der Waals surface area contributed by atoms with Gasteiger partial charge in [-0.15, -0.1) is 0 Å². The van der Waals surface area contributed by atoms with Gasteiger partial charge in [-0.2, -0.15) is 4.98 Å². The second-order valence-electron chi connectivity index (χ2n) is 18.7. The number of fused-ring (bicyclic) bond motifs is 2. The molecule has 3 atom stereocenters. The average Bonchev–Trinajstić information content (AvgIpc) is 3.63. The molecule has 3 fully saturated rings. The zero-order valence-electron chi connectivity index (χ0n) is 32.9. The summed E-state index contributed by atoms with van der Waals surface area (Å²) >= 11 is 7.04. The van der Waals surface area contributed by atoms with E-state index in [2.05, 4.69) is 101 Å². The molecule has 9 nitrogen and oxygen atoms in total. The Bertz CT molecular complexity index is 1700. The molecule has 13 heteroatoms.